The molecule has 5 heteroatoms. The fourth-order valence-corrected chi connectivity index (χ4v) is 3.51. The van der Waals surface area contributed by atoms with Crippen molar-refractivity contribution >= 4 is 18.3 Å². The highest BCUT2D eigenvalue weighted by Crippen LogP contribution is 2.36. The second kappa shape index (κ2) is 6.63. The molecule has 2 rings (SSSR count). The lowest BCUT2D eigenvalue weighted by Crippen LogP contribution is -2.50. The van der Waals surface area contributed by atoms with Gasteiger partial charge in [0.15, 0.2) is 0 Å². The maximum atomic E-state index is 12.2. The van der Waals surface area contributed by atoms with E-state index in [4.69, 9.17) is 5.73 Å². The first-order valence-electron chi connectivity index (χ1n) is 7.59. The van der Waals surface area contributed by atoms with Crippen LogP contribution in [0.1, 0.15) is 47.0 Å². The molecule has 1 saturated carbocycles. The van der Waals surface area contributed by atoms with Gasteiger partial charge in [0.05, 0.1) is 6.04 Å². The highest BCUT2D eigenvalue weighted by molar-refractivity contribution is 5.85. The van der Waals surface area contributed by atoms with Gasteiger partial charge in [-0.05, 0) is 52.4 Å². The number of likely N-dealkylation sites (tertiary alicyclic amines) is 1. The molecule has 0 radical (unpaired) electrons. The van der Waals surface area contributed by atoms with Crippen LogP contribution in [-0.4, -0.2) is 41.5 Å². The van der Waals surface area contributed by atoms with Gasteiger partial charge >= 0.3 is 0 Å². The Kier molecular flexibility index (Phi) is 5.88. The van der Waals surface area contributed by atoms with Crippen molar-refractivity contribution in [3.05, 3.63) is 0 Å². The Morgan fingerprint density at radius 2 is 1.95 bits per heavy atom. The maximum absolute atomic E-state index is 12.2. The van der Waals surface area contributed by atoms with Crippen molar-refractivity contribution in [3.63, 3.8) is 0 Å². The van der Waals surface area contributed by atoms with E-state index in [9.17, 15) is 4.79 Å². The summed E-state index contributed by atoms with van der Waals surface area (Å²) in [7, 11) is 0. The number of nitrogens with zero attached hydrogens (tertiary/aromatic N) is 1. The Balaban J connectivity index is 0.00000200. The highest BCUT2D eigenvalue weighted by atomic mass is 35.5. The van der Waals surface area contributed by atoms with Crippen LogP contribution >= 0.6 is 12.4 Å². The SMILES string of the molecule is CC(C(=O)NC(C)(C)C)N1CC2CCCC(N)C2C1.Cl. The third-order valence-corrected chi connectivity index (χ3v) is 4.61. The second-order valence-electron chi connectivity index (χ2n) is 7.39. The van der Waals surface area contributed by atoms with E-state index in [1.54, 1.807) is 0 Å². The minimum Gasteiger partial charge on any atom is -0.350 e. The van der Waals surface area contributed by atoms with Crippen LogP contribution in [0.5, 0.6) is 0 Å². The predicted molar refractivity (Wildman–Crippen MR) is 85.0 cm³/mol. The van der Waals surface area contributed by atoms with Crippen LogP contribution in [0, 0.1) is 11.8 Å². The smallest absolute Gasteiger partial charge is 0.237 e. The first-order chi connectivity index (χ1) is 8.78. The third-order valence-electron chi connectivity index (χ3n) is 4.61. The van der Waals surface area contributed by atoms with Crippen molar-refractivity contribution in [3.8, 4) is 0 Å². The zero-order valence-electron chi connectivity index (χ0n) is 13.2. The summed E-state index contributed by atoms with van der Waals surface area (Å²) in [5, 5.41) is 3.08. The first-order valence-corrected chi connectivity index (χ1v) is 7.59. The summed E-state index contributed by atoms with van der Waals surface area (Å²) < 4.78 is 0. The summed E-state index contributed by atoms with van der Waals surface area (Å²) in [6, 6.07) is 0.290. The Morgan fingerprint density at radius 1 is 1.30 bits per heavy atom. The molecule has 20 heavy (non-hydrogen) atoms. The molecule has 4 nitrogen and oxygen atoms in total. The second-order valence-corrected chi connectivity index (χ2v) is 7.39. The van der Waals surface area contributed by atoms with Crippen LogP contribution in [0.25, 0.3) is 0 Å². The van der Waals surface area contributed by atoms with Gasteiger partial charge in [0.1, 0.15) is 0 Å². The van der Waals surface area contributed by atoms with Crippen LogP contribution in [0.3, 0.4) is 0 Å². The van der Waals surface area contributed by atoms with Gasteiger partial charge < -0.3 is 11.1 Å². The summed E-state index contributed by atoms with van der Waals surface area (Å²) in [5.74, 6) is 1.44. The van der Waals surface area contributed by atoms with Crippen LogP contribution in [0.15, 0.2) is 0 Å². The topological polar surface area (TPSA) is 58.4 Å². The molecule has 1 amide bonds. The molecular weight excluding hydrogens is 274 g/mol. The molecule has 0 bridgehead atoms. The van der Waals surface area contributed by atoms with Crippen molar-refractivity contribution in [2.75, 3.05) is 13.1 Å². The molecule has 2 fully saturated rings. The molecular formula is C15H30ClN3O. The Hall–Kier alpha value is -0.320. The summed E-state index contributed by atoms with van der Waals surface area (Å²) in [5.41, 5.74) is 6.07. The molecule has 118 valence electrons. The monoisotopic (exact) mass is 303 g/mol. The van der Waals surface area contributed by atoms with Gasteiger partial charge in [-0.2, -0.15) is 0 Å². The van der Waals surface area contributed by atoms with E-state index < -0.39 is 0 Å². The highest BCUT2D eigenvalue weighted by Gasteiger charge is 2.41. The van der Waals surface area contributed by atoms with E-state index in [-0.39, 0.29) is 29.9 Å². The normalized spacial score (nSPS) is 32.1. The summed E-state index contributed by atoms with van der Waals surface area (Å²) in [4.78, 5) is 14.6. The zero-order valence-corrected chi connectivity index (χ0v) is 14.0. The molecule has 0 aromatic rings. The van der Waals surface area contributed by atoms with Gasteiger partial charge in [-0.1, -0.05) is 6.42 Å². The van der Waals surface area contributed by atoms with E-state index in [0.29, 0.717) is 17.9 Å². The van der Waals surface area contributed by atoms with Crippen molar-refractivity contribution in [1.82, 2.24) is 10.2 Å². The number of fused-ring (bicyclic) bond motifs is 1. The van der Waals surface area contributed by atoms with Gasteiger partial charge in [-0.15, -0.1) is 12.4 Å². The van der Waals surface area contributed by atoms with E-state index in [1.165, 1.54) is 12.8 Å². The van der Waals surface area contributed by atoms with Gasteiger partial charge in [0.25, 0.3) is 0 Å². The lowest BCUT2D eigenvalue weighted by molar-refractivity contribution is -0.127. The number of nitrogens with two attached hydrogens (primary N) is 1. The fourth-order valence-electron chi connectivity index (χ4n) is 3.51. The first kappa shape index (κ1) is 17.7. The Labute approximate surface area is 129 Å². The van der Waals surface area contributed by atoms with Crippen molar-refractivity contribution < 1.29 is 4.79 Å². The third kappa shape index (κ3) is 4.09. The van der Waals surface area contributed by atoms with Gasteiger partial charge in [-0.25, -0.2) is 0 Å². The van der Waals surface area contributed by atoms with Crippen molar-refractivity contribution in [2.24, 2.45) is 17.6 Å². The van der Waals surface area contributed by atoms with Gasteiger partial charge in [0.2, 0.25) is 5.91 Å². The molecule has 4 atom stereocenters. The van der Waals surface area contributed by atoms with Crippen LogP contribution in [-0.2, 0) is 4.79 Å². The average Bonchev–Trinajstić information content (AvgIpc) is 2.71. The van der Waals surface area contributed by atoms with E-state index >= 15 is 0 Å². The molecule has 0 spiro atoms. The summed E-state index contributed by atoms with van der Waals surface area (Å²) in [6.07, 6.45) is 3.68. The number of halogens is 1. The molecule has 1 aliphatic heterocycles. The minimum absolute atomic E-state index is 0. The van der Waals surface area contributed by atoms with E-state index in [0.717, 1.165) is 19.5 Å². The standard InChI is InChI=1S/C15H29N3O.ClH/c1-10(14(19)17-15(2,3)4)18-8-11-6-5-7-13(16)12(11)9-18;/h10-13H,5-9,16H2,1-4H3,(H,17,19);1H. The van der Waals surface area contributed by atoms with Crippen LogP contribution in [0.2, 0.25) is 0 Å². The van der Waals surface area contributed by atoms with Crippen LogP contribution in [0.4, 0.5) is 0 Å². The number of carbonyl (C=O) groups is 1. The number of rotatable bonds is 2. The number of nitrogens with one attached hydrogen (secondary N) is 1. The molecule has 3 N–H and O–H groups in total. The molecule has 4 unspecified atom stereocenters. The average molecular weight is 304 g/mol. The maximum Gasteiger partial charge on any atom is 0.237 e. The number of carbonyl (C=O) groups excluding carboxylic acids is 1. The fraction of sp³-hybridized carbons (Fsp3) is 0.933. The number of hydrogen-bond acceptors (Lipinski definition) is 3. The zero-order chi connectivity index (χ0) is 14.2. The molecule has 1 heterocycles. The quantitative estimate of drug-likeness (QED) is 0.817. The van der Waals surface area contributed by atoms with E-state index in [2.05, 4.69) is 10.2 Å². The lowest BCUT2D eigenvalue weighted by Gasteiger charge is -2.30. The Bertz CT molecular complexity index is 343. The van der Waals surface area contributed by atoms with Crippen LogP contribution < -0.4 is 11.1 Å². The summed E-state index contributed by atoms with van der Waals surface area (Å²) in [6.45, 7) is 10.1. The Morgan fingerprint density at radius 3 is 2.50 bits per heavy atom. The summed E-state index contributed by atoms with van der Waals surface area (Å²) >= 11 is 0. The molecule has 2 aliphatic rings. The number of hydrogen-bond donors (Lipinski definition) is 2. The molecule has 1 aliphatic carbocycles. The largest absolute Gasteiger partial charge is 0.350 e. The molecule has 0 aromatic heterocycles. The van der Waals surface area contributed by atoms with E-state index in [1.807, 2.05) is 27.7 Å². The van der Waals surface area contributed by atoms with Gasteiger partial charge in [-0.3, -0.25) is 9.69 Å². The van der Waals surface area contributed by atoms with Gasteiger partial charge in [0, 0.05) is 24.7 Å². The predicted octanol–water partition coefficient (Wildman–Crippen LogP) is 1.77. The van der Waals surface area contributed by atoms with Crippen molar-refractivity contribution in [1.29, 1.82) is 0 Å². The number of amides is 1. The van der Waals surface area contributed by atoms with Crippen molar-refractivity contribution in [2.45, 2.75) is 64.6 Å². The molecule has 0 aromatic carbocycles. The molecule has 1 saturated heterocycles. The lowest BCUT2D eigenvalue weighted by atomic mass is 9.78. The minimum atomic E-state index is -0.159.